The Morgan fingerprint density at radius 1 is 1.28 bits per heavy atom. The molecule has 1 nitrogen and oxygen atoms in total. The van der Waals surface area contributed by atoms with E-state index < -0.39 is 0 Å². The van der Waals surface area contributed by atoms with Crippen LogP contribution in [0.25, 0.3) is 0 Å². The highest BCUT2D eigenvalue weighted by atomic mass is 15.2. The van der Waals surface area contributed by atoms with Crippen molar-refractivity contribution in [2.75, 3.05) is 6.54 Å². The standard InChI is InChI=1S/C17H25N/c1-14-11-12-18(13-15-7-3-2-4-8-15)17-10-6-5-9-16(14)17/h2-4,7-8,14,16-17H,5-6,9-13H2,1H3/t14-,16-,17-/m1/s1/i1D,9D/t9-,14+,16+,17+/m0. The lowest BCUT2D eigenvalue weighted by molar-refractivity contribution is 0.0204. The molecule has 1 aromatic carbocycles. The van der Waals surface area contributed by atoms with Gasteiger partial charge in [0.15, 0.2) is 0 Å². The molecular weight excluding hydrogens is 218 g/mol. The van der Waals surface area contributed by atoms with E-state index in [-0.39, 0.29) is 6.40 Å². The summed E-state index contributed by atoms with van der Waals surface area (Å²) in [5, 5.41) is 0. The maximum atomic E-state index is 8.39. The van der Waals surface area contributed by atoms with Crippen molar-refractivity contribution >= 4 is 0 Å². The van der Waals surface area contributed by atoms with E-state index in [2.05, 4.69) is 35.2 Å². The molecule has 0 radical (unpaired) electrons. The van der Waals surface area contributed by atoms with Crippen molar-refractivity contribution in [3.05, 3.63) is 35.9 Å². The number of hydrogen-bond acceptors (Lipinski definition) is 1. The van der Waals surface area contributed by atoms with Gasteiger partial charge in [0.2, 0.25) is 0 Å². The summed E-state index contributed by atoms with van der Waals surface area (Å²) in [5.41, 5.74) is 1.38. The predicted molar refractivity (Wildman–Crippen MR) is 76.4 cm³/mol. The second-order valence-electron chi connectivity index (χ2n) is 5.82. The lowest BCUT2D eigenvalue weighted by Crippen LogP contribution is -2.49. The Hall–Kier alpha value is -0.820. The van der Waals surface area contributed by atoms with Crippen LogP contribution in [0.2, 0.25) is 0 Å². The highest BCUT2D eigenvalue weighted by molar-refractivity contribution is 5.15. The number of piperidine rings is 1. The zero-order valence-electron chi connectivity index (χ0n) is 13.1. The Morgan fingerprint density at radius 2 is 2.17 bits per heavy atom. The van der Waals surface area contributed by atoms with Crippen molar-refractivity contribution in [2.45, 2.75) is 51.6 Å². The Morgan fingerprint density at radius 3 is 3.00 bits per heavy atom. The topological polar surface area (TPSA) is 3.24 Å². The average Bonchev–Trinajstić information content (AvgIpc) is 2.49. The fraction of sp³-hybridized carbons (Fsp3) is 0.647. The minimum atomic E-state index is 0.0580. The SMILES string of the molecule is [2H]C[C@@H]1CCN(Cc2ccccc2)[C@@H]2CCC[C@H]([2H])[C@H]12. The van der Waals surface area contributed by atoms with Crippen LogP contribution in [0.1, 0.15) is 47.3 Å². The monoisotopic (exact) mass is 245 g/mol. The van der Waals surface area contributed by atoms with Gasteiger partial charge in [0.1, 0.15) is 0 Å². The first kappa shape index (κ1) is 10.0. The van der Waals surface area contributed by atoms with Crippen LogP contribution in [-0.4, -0.2) is 17.5 Å². The van der Waals surface area contributed by atoms with Crippen LogP contribution in [0.5, 0.6) is 0 Å². The summed E-state index contributed by atoms with van der Waals surface area (Å²) in [4.78, 5) is 2.59. The van der Waals surface area contributed by atoms with Crippen LogP contribution in [0.4, 0.5) is 0 Å². The van der Waals surface area contributed by atoms with Crippen molar-refractivity contribution in [1.82, 2.24) is 4.90 Å². The number of hydrogen-bond donors (Lipinski definition) is 0. The van der Waals surface area contributed by atoms with E-state index in [0.29, 0.717) is 24.8 Å². The molecule has 1 aromatic rings. The highest BCUT2D eigenvalue weighted by Crippen LogP contribution is 2.39. The molecule has 0 spiro atoms. The van der Waals surface area contributed by atoms with Crippen LogP contribution in [-0.2, 0) is 6.54 Å². The van der Waals surface area contributed by atoms with Gasteiger partial charge in [-0.25, -0.2) is 0 Å². The minimum absolute atomic E-state index is 0.0580. The van der Waals surface area contributed by atoms with Crippen molar-refractivity contribution in [3.63, 3.8) is 0 Å². The third-order valence-corrected chi connectivity index (χ3v) is 4.62. The molecule has 1 aliphatic heterocycles. The Bertz CT molecular complexity index is 422. The van der Waals surface area contributed by atoms with E-state index in [1.807, 2.05) is 0 Å². The highest BCUT2D eigenvalue weighted by Gasteiger charge is 2.36. The molecule has 0 bridgehead atoms. The molecule has 2 fully saturated rings. The van der Waals surface area contributed by atoms with Crippen LogP contribution in [0.3, 0.4) is 0 Å². The second-order valence-corrected chi connectivity index (χ2v) is 5.82. The smallest absolute Gasteiger partial charge is 0.0270 e. The molecule has 1 heterocycles. The van der Waals surface area contributed by atoms with E-state index in [1.54, 1.807) is 0 Å². The number of fused-ring (bicyclic) bond motifs is 1. The van der Waals surface area contributed by atoms with Crippen LogP contribution in [0, 0.1) is 11.8 Å². The summed E-state index contributed by atoms with van der Waals surface area (Å²) in [5.74, 6) is 0.883. The first-order valence-electron chi connectivity index (χ1n) is 8.57. The molecule has 1 saturated carbocycles. The van der Waals surface area contributed by atoms with Crippen LogP contribution in [0.15, 0.2) is 30.3 Å². The molecule has 1 saturated heterocycles. The van der Waals surface area contributed by atoms with E-state index in [4.69, 9.17) is 2.74 Å². The zero-order valence-corrected chi connectivity index (χ0v) is 11.1. The summed E-state index contributed by atoms with van der Waals surface area (Å²) in [6.45, 7) is 2.63. The van der Waals surface area contributed by atoms with Crippen molar-refractivity contribution in [3.8, 4) is 0 Å². The lowest BCUT2D eigenvalue weighted by atomic mass is 9.72. The first-order chi connectivity index (χ1) is 9.79. The fourth-order valence-electron chi connectivity index (χ4n) is 3.62. The molecule has 0 unspecified atom stereocenters. The fourth-order valence-corrected chi connectivity index (χ4v) is 3.62. The van der Waals surface area contributed by atoms with Gasteiger partial charge in [0.25, 0.3) is 0 Å². The largest absolute Gasteiger partial charge is 0.296 e. The molecule has 18 heavy (non-hydrogen) atoms. The Kier molecular flexibility index (Phi) is 3.03. The van der Waals surface area contributed by atoms with E-state index >= 15 is 0 Å². The Labute approximate surface area is 114 Å². The van der Waals surface area contributed by atoms with Crippen molar-refractivity contribution < 1.29 is 2.74 Å². The van der Waals surface area contributed by atoms with E-state index in [1.165, 1.54) is 18.4 Å². The van der Waals surface area contributed by atoms with Crippen LogP contribution < -0.4 is 0 Å². The average molecular weight is 245 g/mol. The van der Waals surface area contributed by atoms with Gasteiger partial charge < -0.3 is 0 Å². The molecule has 1 aliphatic carbocycles. The molecular formula is C17H25N. The summed E-state index contributed by atoms with van der Waals surface area (Å²) >= 11 is 0. The normalized spacial score (nSPS) is 38.7. The molecule has 98 valence electrons. The Balaban J connectivity index is 1.75. The lowest BCUT2D eigenvalue weighted by Gasteiger charge is -2.47. The summed E-state index contributed by atoms with van der Waals surface area (Å²) in [6, 6.07) is 11.2. The summed E-state index contributed by atoms with van der Waals surface area (Å²) < 4.78 is 16.2. The molecule has 0 aromatic heterocycles. The van der Waals surface area contributed by atoms with Gasteiger partial charge in [-0.1, -0.05) is 50.1 Å². The third-order valence-electron chi connectivity index (χ3n) is 4.62. The van der Waals surface area contributed by atoms with Gasteiger partial charge in [-0.3, -0.25) is 4.90 Å². The predicted octanol–water partition coefficient (Wildman–Crippen LogP) is 4.09. The van der Waals surface area contributed by atoms with Gasteiger partial charge in [0, 0.05) is 15.3 Å². The summed E-state index contributed by atoms with van der Waals surface area (Å²) in [6.07, 6.45) is 4.61. The maximum absolute atomic E-state index is 8.39. The number of likely N-dealkylation sites (tertiary alicyclic amines) is 1. The number of rotatable bonds is 2. The third kappa shape index (κ3) is 2.47. The molecule has 2 aliphatic rings. The van der Waals surface area contributed by atoms with Crippen LogP contribution >= 0.6 is 0 Å². The zero-order chi connectivity index (χ0) is 13.9. The molecule has 0 N–H and O–H groups in total. The molecule has 1 heteroatoms. The quantitative estimate of drug-likeness (QED) is 0.758. The van der Waals surface area contributed by atoms with E-state index in [0.717, 1.165) is 25.9 Å². The van der Waals surface area contributed by atoms with Gasteiger partial charge in [-0.15, -0.1) is 0 Å². The second kappa shape index (κ2) is 5.44. The minimum Gasteiger partial charge on any atom is -0.296 e. The van der Waals surface area contributed by atoms with Crippen molar-refractivity contribution in [2.24, 2.45) is 11.8 Å². The molecule has 3 rings (SSSR count). The van der Waals surface area contributed by atoms with E-state index in [9.17, 15) is 0 Å². The summed E-state index contributed by atoms with van der Waals surface area (Å²) in [7, 11) is 0. The number of nitrogens with zero attached hydrogens (tertiary/aromatic N) is 1. The van der Waals surface area contributed by atoms with Gasteiger partial charge in [-0.2, -0.15) is 0 Å². The molecule has 0 amide bonds. The van der Waals surface area contributed by atoms with Crippen molar-refractivity contribution in [1.29, 1.82) is 0 Å². The van der Waals surface area contributed by atoms with Gasteiger partial charge in [-0.05, 0) is 43.2 Å². The molecule has 4 atom stereocenters. The van der Waals surface area contributed by atoms with Gasteiger partial charge in [0.05, 0.1) is 0 Å². The number of benzene rings is 1. The maximum Gasteiger partial charge on any atom is 0.0270 e. The first-order valence-corrected chi connectivity index (χ1v) is 7.29. The van der Waals surface area contributed by atoms with Gasteiger partial charge >= 0.3 is 0 Å².